The van der Waals surface area contributed by atoms with E-state index in [1.165, 1.54) is 92.9 Å². The fourth-order valence-corrected chi connectivity index (χ4v) is 15.1. The number of anilines is 3. The molecule has 7 heteroatoms. The van der Waals surface area contributed by atoms with Crippen molar-refractivity contribution in [2.45, 2.75) is 24.7 Å². The summed E-state index contributed by atoms with van der Waals surface area (Å²) in [6.07, 6.45) is 0. The average Bonchev–Trinajstić information content (AvgIpc) is 4.36. The molecular weight excluding hydrogens is 939 g/mol. The quantitative estimate of drug-likeness (QED) is 0.172. The Morgan fingerprint density at radius 2 is 0.973 bits per heavy atom. The van der Waals surface area contributed by atoms with E-state index in [-0.39, 0.29) is 5.41 Å². The van der Waals surface area contributed by atoms with E-state index in [1.54, 1.807) is 0 Å². The summed E-state index contributed by atoms with van der Waals surface area (Å²) < 4.78 is 2.46. The van der Waals surface area contributed by atoms with E-state index < -0.39 is 5.41 Å². The molecule has 0 N–H and O–H groups in total. The smallest absolute Gasteiger partial charge is 0.164 e. The van der Waals surface area contributed by atoms with Gasteiger partial charge in [-0.3, -0.25) is 0 Å². The average molecular weight is 982 g/mol. The highest BCUT2D eigenvalue weighted by atomic mass is 32.1. The molecule has 0 saturated carbocycles. The molecule has 1 aliphatic heterocycles. The maximum atomic E-state index is 5.17. The zero-order valence-electron chi connectivity index (χ0n) is 40.4. The normalized spacial score (nSPS) is 14.3. The van der Waals surface area contributed by atoms with Crippen LogP contribution in [0.1, 0.15) is 47.2 Å². The zero-order valence-corrected chi connectivity index (χ0v) is 42.0. The van der Waals surface area contributed by atoms with E-state index in [2.05, 4.69) is 210 Å². The second-order valence-electron chi connectivity index (χ2n) is 20.3. The van der Waals surface area contributed by atoms with Crippen molar-refractivity contribution >= 4 is 72.3 Å². The van der Waals surface area contributed by atoms with Crippen molar-refractivity contribution in [2.24, 2.45) is 0 Å². The van der Waals surface area contributed by atoms with Crippen molar-refractivity contribution in [3.8, 4) is 60.7 Å². The van der Waals surface area contributed by atoms with Crippen LogP contribution in [0, 0.1) is 0 Å². The maximum Gasteiger partial charge on any atom is 0.164 e. The zero-order chi connectivity index (χ0) is 48.9. The molecule has 0 amide bonds. The third kappa shape index (κ3) is 5.60. The molecular formula is C67H43N5S2. The van der Waals surface area contributed by atoms with Crippen LogP contribution in [0.2, 0.25) is 0 Å². The summed E-state index contributed by atoms with van der Waals surface area (Å²) in [4.78, 5) is 20.7. The van der Waals surface area contributed by atoms with Crippen LogP contribution >= 0.6 is 22.7 Å². The summed E-state index contributed by atoms with van der Waals surface area (Å²) in [6.45, 7) is 4.74. The molecule has 2 aliphatic carbocycles. The molecule has 0 unspecified atom stereocenters. The molecule has 0 fully saturated rings. The predicted molar refractivity (Wildman–Crippen MR) is 307 cm³/mol. The largest absolute Gasteiger partial charge is 0.309 e. The lowest BCUT2D eigenvalue weighted by Gasteiger charge is -2.45. The summed E-state index contributed by atoms with van der Waals surface area (Å²) in [5.74, 6) is 1.90. The lowest BCUT2D eigenvalue weighted by Crippen LogP contribution is -2.36. The molecule has 5 heterocycles. The Balaban J connectivity index is 0.972. The van der Waals surface area contributed by atoms with Gasteiger partial charge in [0.1, 0.15) is 0 Å². The van der Waals surface area contributed by atoms with Gasteiger partial charge in [0, 0.05) is 53.7 Å². The first-order valence-corrected chi connectivity index (χ1v) is 27.0. The topological polar surface area (TPSA) is 46.8 Å². The third-order valence-electron chi connectivity index (χ3n) is 16.2. The fourth-order valence-electron chi connectivity index (χ4n) is 13.0. The second kappa shape index (κ2) is 15.4. The summed E-state index contributed by atoms with van der Waals surface area (Å²) in [6, 6.07) is 77.8. The van der Waals surface area contributed by atoms with Crippen molar-refractivity contribution < 1.29 is 0 Å². The van der Waals surface area contributed by atoms with Crippen LogP contribution in [-0.4, -0.2) is 19.5 Å². The number of thiophene rings is 2. The lowest BCUT2D eigenvalue weighted by atomic mass is 9.65. The molecule has 0 bridgehead atoms. The summed E-state index contributed by atoms with van der Waals surface area (Å²) in [5.41, 5.74) is 19.7. The van der Waals surface area contributed by atoms with Crippen molar-refractivity contribution in [1.29, 1.82) is 0 Å². The number of hydrogen-bond donors (Lipinski definition) is 0. The fraction of sp³-hybridized carbons (Fsp3) is 0.0597. The van der Waals surface area contributed by atoms with Crippen LogP contribution < -0.4 is 4.90 Å². The van der Waals surface area contributed by atoms with Crippen LogP contribution in [0.3, 0.4) is 0 Å². The van der Waals surface area contributed by atoms with E-state index in [0.29, 0.717) is 17.5 Å². The van der Waals surface area contributed by atoms with E-state index in [4.69, 9.17) is 15.0 Å². The Morgan fingerprint density at radius 1 is 0.378 bits per heavy atom. The van der Waals surface area contributed by atoms with Gasteiger partial charge < -0.3 is 9.47 Å². The number of fused-ring (bicyclic) bond motifs is 17. The van der Waals surface area contributed by atoms with Crippen molar-refractivity contribution in [1.82, 2.24) is 19.5 Å². The highest BCUT2D eigenvalue weighted by molar-refractivity contribution is 7.21. The van der Waals surface area contributed by atoms with Gasteiger partial charge in [0.25, 0.3) is 0 Å². The maximum absolute atomic E-state index is 5.17. The Kier molecular flexibility index (Phi) is 8.70. The first-order chi connectivity index (χ1) is 36.5. The highest BCUT2D eigenvalue weighted by Gasteiger charge is 2.53. The van der Waals surface area contributed by atoms with Gasteiger partial charge in [-0.2, -0.15) is 0 Å². The summed E-state index contributed by atoms with van der Waals surface area (Å²) in [5, 5.41) is 9.48. The van der Waals surface area contributed by atoms with Crippen LogP contribution in [0.25, 0.3) is 93.3 Å². The third-order valence-corrected chi connectivity index (χ3v) is 18.2. The number of nitrogens with zero attached hydrogens (tertiary/aromatic N) is 5. The number of rotatable bonds is 5. The van der Waals surface area contributed by atoms with Crippen molar-refractivity contribution in [3.05, 3.63) is 256 Å². The van der Waals surface area contributed by atoms with Gasteiger partial charge >= 0.3 is 0 Å². The molecule has 0 radical (unpaired) electrons. The highest BCUT2D eigenvalue weighted by Crippen LogP contribution is 2.66. The number of benzene rings is 9. The molecule has 0 saturated heterocycles. The monoisotopic (exact) mass is 981 g/mol. The first kappa shape index (κ1) is 41.8. The molecule has 0 atom stereocenters. The van der Waals surface area contributed by atoms with E-state index in [0.717, 1.165) is 33.4 Å². The molecule has 74 heavy (non-hydrogen) atoms. The van der Waals surface area contributed by atoms with Crippen LogP contribution in [0.15, 0.2) is 223 Å². The summed E-state index contributed by atoms with van der Waals surface area (Å²) in [7, 11) is 0. The number of hydrogen-bond acceptors (Lipinski definition) is 6. The van der Waals surface area contributed by atoms with Crippen molar-refractivity contribution in [3.63, 3.8) is 0 Å². The van der Waals surface area contributed by atoms with Gasteiger partial charge in [-0.05, 0) is 115 Å². The molecule has 5 nitrogen and oxygen atoms in total. The van der Waals surface area contributed by atoms with Crippen LogP contribution in [-0.2, 0) is 10.8 Å². The van der Waals surface area contributed by atoms with E-state index in [9.17, 15) is 0 Å². The second-order valence-corrected chi connectivity index (χ2v) is 22.1. The Hall–Kier alpha value is -8.75. The minimum Gasteiger partial charge on any atom is -0.309 e. The van der Waals surface area contributed by atoms with Crippen LogP contribution in [0.4, 0.5) is 17.1 Å². The minimum atomic E-state index is -0.564. The lowest BCUT2D eigenvalue weighted by molar-refractivity contribution is 0.661. The number of para-hydroxylation sites is 2. The van der Waals surface area contributed by atoms with Gasteiger partial charge in [0.15, 0.2) is 17.5 Å². The molecule has 16 rings (SSSR count). The minimum absolute atomic E-state index is 0.105. The van der Waals surface area contributed by atoms with Gasteiger partial charge in [-0.25, -0.2) is 15.0 Å². The van der Waals surface area contributed by atoms with Gasteiger partial charge in [0.05, 0.1) is 33.5 Å². The van der Waals surface area contributed by atoms with E-state index >= 15 is 0 Å². The van der Waals surface area contributed by atoms with Crippen molar-refractivity contribution in [2.75, 3.05) is 4.90 Å². The molecule has 13 aromatic rings. The molecule has 1 spiro atoms. The Labute approximate surface area is 436 Å². The SMILES string of the molecule is CC1(C)c2ccccc2-c2c1ccc1c(N3c4ccccc4C4(c5cc6c(cc53)c3ccccc3n6-c3cccc(-c5nc(-c6ccccc6)nc(-c6ccccc6)n5)c3)c3ccsc3-c3sccc34)cccc21. The Bertz CT molecular complexity index is 4390. The molecule has 3 aliphatic rings. The number of aromatic nitrogens is 4. The summed E-state index contributed by atoms with van der Waals surface area (Å²) >= 11 is 3.72. The van der Waals surface area contributed by atoms with Crippen LogP contribution in [0.5, 0.6) is 0 Å². The van der Waals surface area contributed by atoms with E-state index in [1.807, 2.05) is 59.1 Å². The molecule has 9 aromatic carbocycles. The van der Waals surface area contributed by atoms with Gasteiger partial charge in [-0.15, -0.1) is 22.7 Å². The standard InChI is InChI=1S/C67H43N5S2/c1-66(2)49-26-11-9-24-47(49)60-46-25-16-30-56(45(46)31-32-51(60)66)72-57-29-14-12-27-50(57)67(52-33-35-73-61(52)62-53(67)34-36-74-62)54-39-58-48(38-59(54)72)44-23-10-13-28-55(44)71(58)43-22-15-21-42(37-43)65-69-63(40-17-5-3-6-18-40)68-64(70-65)41-19-7-4-8-20-41/h3-39H,1-2H3. The molecule has 348 valence electrons. The van der Waals surface area contributed by atoms with Gasteiger partial charge in [0.2, 0.25) is 0 Å². The Morgan fingerprint density at radius 3 is 1.72 bits per heavy atom. The predicted octanol–water partition coefficient (Wildman–Crippen LogP) is 17.7. The van der Waals surface area contributed by atoms with Gasteiger partial charge in [-0.1, -0.05) is 172 Å². The molecule has 4 aromatic heterocycles. The first-order valence-electron chi connectivity index (χ1n) is 25.2.